The molecule has 0 aliphatic carbocycles. The molecular formula is C20H24N4O3S. The average molecular weight is 401 g/mol. The predicted octanol–water partition coefficient (Wildman–Crippen LogP) is 1.78. The lowest BCUT2D eigenvalue weighted by Crippen LogP contribution is -2.52. The standard InChI is InChI=1S/C20H24N4O3S/c1-2-18-21-15(14-28-18)11-22-7-9-23(10-8-22)19(25)12-24-16-5-3-4-6-17(16)27-13-20(24)26/h3-6,14H,2,7-13H2,1H3. The molecule has 0 atom stereocenters. The van der Waals surface area contributed by atoms with E-state index in [0.29, 0.717) is 24.5 Å². The van der Waals surface area contributed by atoms with Gasteiger partial charge in [0.2, 0.25) is 5.91 Å². The Balaban J connectivity index is 1.32. The molecule has 0 saturated carbocycles. The van der Waals surface area contributed by atoms with Crippen molar-refractivity contribution in [3.05, 3.63) is 40.3 Å². The molecule has 3 heterocycles. The summed E-state index contributed by atoms with van der Waals surface area (Å²) in [6.07, 6.45) is 0.969. The number of fused-ring (bicyclic) bond motifs is 1. The van der Waals surface area contributed by atoms with E-state index in [-0.39, 0.29) is 25.0 Å². The molecule has 1 fully saturated rings. The van der Waals surface area contributed by atoms with E-state index in [9.17, 15) is 9.59 Å². The van der Waals surface area contributed by atoms with E-state index in [1.165, 1.54) is 9.91 Å². The summed E-state index contributed by atoms with van der Waals surface area (Å²) in [5, 5.41) is 3.29. The summed E-state index contributed by atoms with van der Waals surface area (Å²) in [4.78, 5) is 35.4. The zero-order valence-electron chi connectivity index (χ0n) is 16.0. The molecule has 0 radical (unpaired) electrons. The molecule has 2 aliphatic rings. The maximum atomic E-state index is 12.8. The summed E-state index contributed by atoms with van der Waals surface area (Å²) < 4.78 is 5.45. The van der Waals surface area contributed by atoms with E-state index in [0.717, 1.165) is 31.7 Å². The molecule has 0 spiro atoms. The van der Waals surface area contributed by atoms with Crippen molar-refractivity contribution in [2.75, 3.05) is 44.2 Å². The van der Waals surface area contributed by atoms with E-state index in [1.807, 2.05) is 29.2 Å². The van der Waals surface area contributed by atoms with Gasteiger partial charge in [0.1, 0.15) is 12.3 Å². The van der Waals surface area contributed by atoms with Gasteiger partial charge >= 0.3 is 0 Å². The van der Waals surface area contributed by atoms with Gasteiger partial charge < -0.3 is 9.64 Å². The van der Waals surface area contributed by atoms with Gasteiger partial charge in [0.05, 0.1) is 16.4 Å². The van der Waals surface area contributed by atoms with E-state index in [4.69, 9.17) is 4.74 Å². The van der Waals surface area contributed by atoms with Crippen molar-refractivity contribution in [3.63, 3.8) is 0 Å². The highest BCUT2D eigenvalue weighted by Crippen LogP contribution is 2.31. The first-order valence-corrected chi connectivity index (χ1v) is 10.5. The Morgan fingerprint density at radius 1 is 1.21 bits per heavy atom. The van der Waals surface area contributed by atoms with E-state index >= 15 is 0 Å². The lowest BCUT2D eigenvalue weighted by molar-refractivity contribution is -0.133. The second kappa shape index (κ2) is 8.28. The fourth-order valence-electron chi connectivity index (χ4n) is 3.53. The SMILES string of the molecule is CCc1nc(CN2CCN(C(=O)CN3C(=O)COc4ccccc43)CC2)cs1. The smallest absolute Gasteiger partial charge is 0.265 e. The van der Waals surface area contributed by atoms with Crippen LogP contribution in [-0.2, 0) is 22.6 Å². The Morgan fingerprint density at radius 3 is 2.75 bits per heavy atom. The summed E-state index contributed by atoms with van der Waals surface area (Å²) in [6, 6.07) is 7.34. The molecule has 0 unspecified atom stereocenters. The van der Waals surface area contributed by atoms with Crippen LogP contribution in [0.3, 0.4) is 0 Å². The topological polar surface area (TPSA) is 66.0 Å². The Kier molecular flexibility index (Phi) is 5.59. The van der Waals surface area contributed by atoms with Gasteiger partial charge in [-0.25, -0.2) is 4.98 Å². The Labute approximate surface area is 168 Å². The molecule has 2 amide bonds. The summed E-state index contributed by atoms with van der Waals surface area (Å²) >= 11 is 1.71. The number of aryl methyl sites for hydroxylation is 1. The molecular weight excluding hydrogens is 376 g/mol. The molecule has 7 nitrogen and oxygen atoms in total. The fourth-order valence-corrected chi connectivity index (χ4v) is 4.27. The van der Waals surface area contributed by atoms with E-state index in [2.05, 4.69) is 22.2 Å². The van der Waals surface area contributed by atoms with Gasteiger partial charge in [-0.3, -0.25) is 19.4 Å². The number of hydrogen-bond acceptors (Lipinski definition) is 6. The monoisotopic (exact) mass is 400 g/mol. The zero-order valence-corrected chi connectivity index (χ0v) is 16.8. The first kappa shape index (κ1) is 18.9. The molecule has 0 bridgehead atoms. The molecule has 1 aromatic carbocycles. The molecule has 4 rings (SSSR count). The number of anilines is 1. The van der Waals surface area contributed by atoms with Crippen LogP contribution in [0.2, 0.25) is 0 Å². The van der Waals surface area contributed by atoms with Crippen molar-refractivity contribution in [2.45, 2.75) is 19.9 Å². The summed E-state index contributed by atoms with van der Waals surface area (Å²) in [5.74, 6) is 0.446. The zero-order chi connectivity index (χ0) is 19.5. The number of amides is 2. The normalized spacial score (nSPS) is 17.4. The summed E-state index contributed by atoms with van der Waals surface area (Å²) in [6.45, 7) is 5.96. The third kappa shape index (κ3) is 4.02. The molecule has 8 heteroatoms. The van der Waals surface area contributed by atoms with Gasteiger partial charge in [0, 0.05) is 38.1 Å². The Hall–Kier alpha value is -2.45. The van der Waals surface area contributed by atoms with Crippen LogP contribution >= 0.6 is 11.3 Å². The van der Waals surface area contributed by atoms with Gasteiger partial charge in [0.15, 0.2) is 6.61 Å². The second-order valence-corrected chi connectivity index (χ2v) is 7.92. The number of aromatic nitrogens is 1. The first-order chi connectivity index (χ1) is 13.6. The molecule has 0 N–H and O–H groups in total. The number of benzene rings is 1. The van der Waals surface area contributed by atoms with Crippen molar-refractivity contribution in [1.29, 1.82) is 0 Å². The molecule has 2 aliphatic heterocycles. The molecule has 1 saturated heterocycles. The largest absolute Gasteiger partial charge is 0.482 e. The predicted molar refractivity (Wildman–Crippen MR) is 108 cm³/mol. The van der Waals surface area contributed by atoms with Crippen molar-refractivity contribution in [1.82, 2.24) is 14.8 Å². The molecule has 28 heavy (non-hydrogen) atoms. The van der Waals surface area contributed by atoms with Crippen LogP contribution in [0.4, 0.5) is 5.69 Å². The minimum atomic E-state index is -0.180. The van der Waals surface area contributed by atoms with Crippen LogP contribution in [0, 0.1) is 0 Å². The summed E-state index contributed by atoms with van der Waals surface area (Å²) in [5.41, 5.74) is 1.78. The van der Waals surface area contributed by atoms with Gasteiger partial charge in [-0.15, -0.1) is 11.3 Å². The number of carbonyl (C=O) groups is 2. The molecule has 1 aromatic heterocycles. The third-order valence-electron chi connectivity index (χ3n) is 5.11. The maximum Gasteiger partial charge on any atom is 0.265 e. The van der Waals surface area contributed by atoms with Crippen molar-refractivity contribution < 1.29 is 14.3 Å². The number of carbonyl (C=O) groups excluding carboxylic acids is 2. The van der Waals surface area contributed by atoms with Crippen LogP contribution in [0.15, 0.2) is 29.6 Å². The van der Waals surface area contributed by atoms with Gasteiger partial charge in [-0.05, 0) is 18.6 Å². The quantitative estimate of drug-likeness (QED) is 0.765. The number of piperazine rings is 1. The fraction of sp³-hybridized carbons (Fsp3) is 0.450. The number of para-hydroxylation sites is 2. The van der Waals surface area contributed by atoms with E-state index < -0.39 is 0 Å². The van der Waals surface area contributed by atoms with Crippen LogP contribution in [-0.4, -0.2) is 65.9 Å². The van der Waals surface area contributed by atoms with Gasteiger partial charge in [0.25, 0.3) is 5.91 Å². The highest BCUT2D eigenvalue weighted by molar-refractivity contribution is 7.09. The van der Waals surface area contributed by atoms with Crippen LogP contribution in [0.25, 0.3) is 0 Å². The van der Waals surface area contributed by atoms with Crippen molar-refractivity contribution >= 4 is 28.8 Å². The first-order valence-electron chi connectivity index (χ1n) is 9.59. The summed E-state index contributed by atoms with van der Waals surface area (Å²) in [7, 11) is 0. The minimum Gasteiger partial charge on any atom is -0.482 e. The van der Waals surface area contributed by atoms with Crippen molar-refractivity contribution in [2.24, 2.45) is 0 Å². The van der Waals surface area contributed by atoms with Crippen LogP contribution < -0.4 is 9.64 Å². The number of hydrogen-bond donors (Lipinski definition) is 0. The number of ether oxygens (including phenoxy) is 1. The highest BCUT2D eigenvalue weighted by atomic mass is 32.1. The molecule has 148 valence electrons. The minimum absolute atomic E-state index is 0.0216. The Morgan fingerprint density at radius 2 is 2.00 bits per heavy atom. The number of rotatable bonds is 5. The van der Waals surface area contributed by atoms with Gasteiger partial charge in [-0.1, -0.05) is 19.1 Å². The van der Waals surface area contributed by atoms with Crippen molar-refractivity contribution in [3.8, 4) is 5.75 Å². The van der Waals surface area contributed by atoms with E-state index in [1.54, 1.807) is 11.3 Å². The lowest BCUT2D eigenvalue weighted by Gasteiger charge is -2.36. The second-order valence-electron chi connectivity index (χ2n) is 6.98. The average Bonchev–Trinajstić information content (AvgIpc) is 3.18. The number of thiazole rings is 1. The number of nitrogens with zero attached hydrogens (tertiary/aromatic N) is 4. The lowest BCUT2D eigenvalue weighted by atomic mass is 10.2. The van der Waals surface area contributed by atoms with Gasteiger partial charge in [-0.2, -0.15) is 0 Å². The van der Waals surface area contributed by atoms with Crippen LogP contribution in [0.5, 0.6) is 5.75 Å². The highest BCUT2D eigenvalue weighted by Gasteiger charge is 2.29. The maximum absolute atomic E-state index is 12.8. The Bertz CT molecular complexity index is 861. The third-order valence-corrected chi connectivity index (χ3v) is 6.16. The molecule has 2 aromatic rings. The van der Waals surface area contributed by atoms with Crippen LogP contribution in [0.1, 0.15) is 17.6 Å².